The molecular weight excluding hydrogens is 229 g/mol. The molecule has 0 fully saturated rings. The molecule has 1 heterocycles. The molecular formula is C12H9F3N2. The molecule has 1 aromatic heterocycles. The van der Waals surface area contributed by atoms with E-state index in [9.17, 15) is 13.2 Å². The molecule has 0 saturated carbocycles. The number of anilines is 1. The van der Waals surface area contributed by atoms with Gasteiger partial charge in [0.05, 0.1) is 11.3 Å². The number of hydrogen-bond acceptors (Lipinski definition) is 2. The summed E-state index contributed by atoms with van der Waals surface area (Å²) in [6, 6.07) is 8.15. The predicted molar refractivity (Wildman–Crippen MR) is 61.2 cm³/mol. The first-order valence-corrected chi connectivity index (χ1v) is 4.81. The van der Waals surface area contributed by atoms with Crippen molar-refractivity contribution in [3.8, 4) is 0 Å². The van der Waals surface area contributed by atoms with Gasteiger partial charge in [-0.15, -0.1) is 0 Å². The second-order valence-electron chi connectivity index (χ2n) is 3.59. The van der Waals surface area contributed by atoms with Crippen molar-refractivity contribution in [2.24, 2.45) is 0 Å². The highest BCUT2D eigenvalue weighted by molar-refractivity contribution is 5.94. The van der Waals surface area contributed by atoms with Crippen molar-refractivity contribution in [1.29, 1.82) is 0 Å². The summed E-state index contributed by atoms with van der Waals surface area (Å²) < 4.78 is 37.8. The number of alkyl halides is 3. The van der Waals surface area contributed by atoms with Crippen molar-refractivity contribution in [3.63, 3.8) is 0 Å². The van der Waals surface area contributed by atoms with Crippen LogP contribution in [0.1, 0.15) is 5.69 Å². The van der Waals surface area contributed by atoms with Gasteiger partial charge in [-0.05, 0) is 11.5 Å². The minimum atomic E-state index is -4.51. The molecule has 0 aliphatic heterocycles. The Morgan fingerprint density at radius 3 is 2.53 bits per heavy atom. The van der Waals surface area contributed by atoms with Crippen molar-refractivity contribution in [3.05, 3.63) is 42.6 Å². The van der Waals surface area contributed by atoms with Crippen LogP contribution in [0, 0.1) is 0 Å². The van der Waals surface area contributed by atoms with Crippen LogP contribution in [0.15, 0.2) is 36.9 Å². The number of fused-ring (bicyclic) bond motifs is 1. The molecule has 2 aromatic rings. The van der Waals surface area contributed by atoms with Crippen LogP contribution in [0.4, 0.5) is 19.0 Å². The molecule has 0 radical (unpaired) electrons. The Labute approximate surface area is 95.6 Å². The Balaban J connectivity index is 2.73. The van der Waals surface area contributed by atoms with Crippen LogP contribution in [0.25, 0.3) is 16.3 Å². The highest BCUT2D eigenvalue weighted by Crippen LogP contribution is 2.35. The highest BCUT2D eigenvalue weighted by Gasteiger charge is 2.34. The lowest BCUT2D eigenvalue weighted by molar-refractivity contribution is -0.0687. The fourth-order valence-electron chi connectivity index (χ4n) is 1.58. The molecule has 88 valence electrons. The fraction of sp³-hybridized carbons (Fsp3) is 0.0833. The summed E-state index contributed by atoms with van der Waals surface area (Å²) in [5.41, 5.74) is 4.29. The first-order chi connectivity index (χ1) is 7.89. The number of halogens is 3. The molecule has 5 heteroatoms. The molecule has 2 rings (SSSR count). The van der Waals surface area contributed by atoms with Crippen molar-refractivity contribution in [2.45, 2.75) is 6.18 Å². The summed E-state index contributed by atoms with van der Waals surface area (Å²) in [5, 5.41) is 1.00. The molecule has 17 heavy (non-hydrogen) atoms. The lowest BCUT2D eigenvalue weighted by Gasteiger charge is -2.12. The number of nitrogens with two attached hydrogens (primary N) is 1. The third-order valence-electron chi connectivity index (χ3n) is 2.39. The van der Waals surface area contributed by atoms with Crippen LogP contribution >= 0.6 is 0 Å². The Morgan fingerprint density at radius 1 is 1.24 bits per heavy atom. The summed E-state index contributed by atoms with van der Waals surface area (Å²) in [5.74, 6) is 0.0455. The summed E-state index contributed by atoms with van der Waals surface area (Å²) in [6.45, 7) is 3.04. The molecule has 2 nitrogen and oxygen atoms in total. The maximum absolute atomic E-state index is 12.6. The molecule has 0 saturated heterocycles. The zero-order chi connectivity index (χ0) is 12.6. The summed E-state index contributed by atoms with van der Waals surface area (Å²) in [6.07, 6.45) is -4.51. The number of benzene rings is 1. The fourth-order valence-corrected chi connectivity index (χ4v) is 1.58. The monoisotopic (exact) mass is 238 g/mol. The topological polar surface area (TPSA) is 38.9 Å². The van der Waals surface area contributed by atoms with E-state index < -0.39 is 11.7 Å². The van der Waals surface area contributed by atoms with E-state index in [1.54, 1.807) is 24.3 Å². The van der Waals surface area contributed by atoms with Crippen molar-refractivity contribution < 1.29 is 13.2 Å². The first-order valence-electron chi connectivity index (χ1n) is 4.81. The van der Waals surface area contributed by atoms with Gasteiger partial charge < -0.3 is 5.73 Å². The third kappa shape index (κ3) is 2.08. The molecule has 0 bridgehead atoms. The van der Waals surface area contributed by atoms with E-state index in [1.165, 1.54) is 6.07 Å². The smallest absolute Gasteiger partial charge is 0.384 e. The minimum absolute atomic E-state index is 0.0455. The molecule has 0 aliphatic carbocycles. The zero-order valence-electron chi connectivity index (χ0n) is 8.75. The number of aromatic nitrogens is 1. The van der Waals surface area contributed by atoms with Crippen molar-refractivity contribution in [2.75, 3.05) is 5.73 Å². The normalized spacial score (nSPS) is 11.7. The second kappa shape index (κ2) is 3.76. The van der Waals surface area contributed by atoms with E-state index in [1.807, 2.05) is 0 Å². The molecule has 0 amide bonds. The molecule has 0 atom stereocenters. The van der Waals surface area contributed by atoms with Gasteiger partial charge in [0.15, 0.2) is 0 Å². The largest absolute Gasteiger partial charge is 0.417 e. The lowest BCUT2D eigenvalue weighted by atomic mass is 10.0. The van der Waals surface area contributed by atoms with Crippen LogP contribution in [0.5, 0.6) is 0 Å². The van der Waals surface area contributed by atoms with Gasteiger partial charge >= 0.3 is 6.18 Å². The first kappa shape index (κ1) is 11.4. The maximum atomic E-state index is 12.6. The van der Waals surface area contributed by atoms with Crippen LogP contribution in [0.3, 0.4) is 0 Å². The third-order valence-corrected chi connectivity index (χ3v) is 2.39. The Hall–Kier alpha value is -2.04. The molecule has 0 unspecified atom stereocenters. The quantitative estimate of drug-likeness (QED) is 0.827. The van der Waals surface area contributed by atoms with Crippen molar-refractivity contribution >= 4 is 22.2 Å². The van der Waals surface area contributed by atoms with E-state index in [-0.39, 0.29) is 11.5 Å². The predicted octanol–water partition coefficient (Wildman–Crippen LogP) is 3.39. The van der Waals surface area contributed by atoms with Gasteiger partial charge in [-0.25, -0.2) is 4.98 Å². The number of rotatable bonds is 1. The lowest BCUT2D eigenvalue weighted by Crippen LogP contribution is -2.11. The van der Waals surface area contributed by atoms with E-state index in [4.69, 9.17) is 5.73 Å². The van der Waals surface area contributed by atoms with E-state index in [0.717, 1.165) is 0 Å². The number of hydrogen-bond donors (Lipinski definition) is 1. The van der Waals surface area contributed by atoms with Crippen LogP contribution in [0.2, 0.25) is 0 Å². The average molecular weight is 238 g/mol. The van der Waals surface area contributed by atoms with E-state index in [0.29, 0.717) is 10.8 Å². The van der Waals surface area contributed by atoms with E-state index >= 15 is 0 Å². The number of allylic oxidation sites excluding steroid dienone is 1. The standard InChI is InChI=1S/C12H9F3N2/c1-7(12(13,14)15)11-9-5-3-2-4-8(9)6-10(16)17-11/h2-6H,1H2,(H2,16,17). The molecule has 2 N–H and O–H groups in total. The summed E-state index contributed by atoms with van der Waals surface area (Å²) in [4.78, 5) is 3.73. The van der Waals surface area contributed by atoms with Gasteiger partial charge in [-0.3, -0.25) is 0 Å². The summed E-state index contributed by atoms with van der Waals surface area (Å²) in [7, 11) is 0. The number of nitrogens with zero attached hydrogens (tertiary/aromatic N) is 1. The minimum Gasteiger partial charge on any atom is -0.384 e. The number of nitrogen functional groups attached to an aromatic ring is 1. The van der Waals surface area contributed by atoms with Gasteiger partial charge in [0, 0.05) is 5.39 Å². The van der Waals surface area contributed by atoms with Gasteiger partial charge in [0.2, 0.25) is 0 Å². The Bertz CT molecular complexity index is 588. The summed E-state index contributed by atoms with van der Waals surface area (Å²) >= 11 is 0. The van der Waals surface area contributed by atoms with Gasteiger partial charge in [0.25, 0.3) is 0 Å². The molecule has 1 aromatic carbocycles. The highest BCUT2D eigenvalue weighted by atomic mass is 19.4. The van der Waals surface area contributed by atoms with Gasteiger partial charge in [0.1, 0.15) is 5.82 Å². The number of pyridine rings is 1. The maximum Gasteiger partial charge on any atom is 0.417 e. The van der Waals surface area contributed by atoms with Crippen molar-refractivity contribution in [1.82, 2.24) is 4.98 Å². The molecule has 0 spiro atoms. The van der Waals surface area contributed by atoms with Crippen LogP contribution in [-0.2, 0) is 0 Å². The van der Waals surface area contributed by atoms with Gasteiger partial charge in [-0.2, -0.15) is 13.2 Å². The SMILES string of the molecule is C=C(c1nc(N)cc2ccccc12)C(F)(F)F. The van der Waals surface area contributed by atoms with Gasteiger partial charge in [-0.1, -0.05) is 30.8 Å². The molecule has 0 aliphatic rings. The zero-order valence-corrected chi connectivity index (χ0v) is 8.75. The van der Waals surface area contributed by atoms with E-state index in [2.05, 4.69) is 11.6 Å². The van der Waals surface area contributed by atoms with Crippen LogP contribution in [-0.4, -0.2) is 11.2 Å². The Morgan fingerprint density at radius 2 is 1.88 bits per heavy atom. The van der Waals surface area contributed by atoms with Crippen LogP contribution < -0.4 is 5.73 Å². The Kier molecular flexibility index (Phi) is 2.53. The average Bonchev–Trinajstić information content (AvgIpc) is 2.25. The second-order valence-corrected chi connectivity index (χ2v) is 3.59.